The van der Waals surface area contributed by atoms with E-state index in [1.54, 1.807) is 18.6 Å². The Hall–Kier alpha value is -1.14. The normalized spacial score (nSPS) is 16.0. The van der Waals surface area contributed by atoms with Crippen LogP contribution in [0.5, 0.6) is 0 Å². The second-order valence-electron chi connectivity index (χ2n) is 3.90. The Morgan fingerprint density at radius 2 is 1.94 bits per heavy atom. The smallest absolute Gasteiger partial charge is 0.225 e. The van der Waals surface area contributed by atoms with E-state index in [0.717, 1.165) is 23.5 Å². The van der Waals surface area contributed by atoms with E-state index < -0.39 is 0 Å². The molecule has 1 aliphatic heterocycles. The lowest BCUT2D eigenvalue weighted by Gasteiger charge is -2.39. The highest BCUT2D eigenvalue weighted by molar-refractivity contribution is 9.10. The first kappa shape index (κ1) is 11.0. The molecule has 0 aliphatic carbocycles. The molecular weight excluding hydrogens is 306 g/mol. The summed E-state index contributed by atoms with van der Waals surface area (Å²) in [6.45, 7) is 1.74. The summed E-state index contributed by atoms with van der Waals surface area (Å²) in [6, 6.07) is 0.389. The molecule has 0 saturated carbocycles. The fourth-order valence-corrected chi connectivity index (χ4v) is 2.17. The lowest BCUT2D eigenvalue weighted by molar-refractivity contribution is 0.363. The van der Waals surface area contributed by atoms with Crippen LogP contribution in [0.25, 0.3) is 0 Å². The quantitative estimate of drug-likeness (QED) is 0.852. The second-order valence-corrected chi connectivity index (χ2v) is 5.25. The van der Waals surface area contributed by atoms with Gasteiger partial charge in [-0.25, -0.2) is 9.97 Å². The van der Waals surface area contributed by atoms with Crippen molar-refractivity contribution in [2.24, 2.45) is 0 Å². The standard InChI is InChI=1S/C10H9BrClN5/c11-7-1-15-17(4-7)9-5-16(6-9)10-13-2-8(12)3-14-10/h1-4,9H,5-6H2. The molecule has 7 heteroatoms. The number of aromatic nitrogens is 4. The van der Waals surface area contributed by atoms with Crippen molar-refractivity contribution in [3.8, 4) is 0 Å². The molecule has 1 aliphatic rings. The first-order valence-corrected chi connectivity index (χ1v) is 6.31. The molecule has 1 saturated heterocycles. The molecule has 3 rings (SSSR count). The molecule has 3 heterocycles. The highest BCUT2D eigenvalue weighted by atomic mass is 79.9. The number of halogens is 2. The predicted octanol–water partition coefficient (Wildman–Crippen LogP) is 2.15. The summed E-state index contributed by atoms with van der Waals surface area (Å²) in [5.74, 6) is 0.719. The van der Waals surface area contributed by atoms with E-state index in [-0.39, 0.29) is 0 Å². The molecule has 5 nitrogen and oxygen atoms in total. The van der Waals surface area contributed by atoms with Crippen LogP contribution >= 0.6 is 27.5 Å². The van der Waals surface area contributed by atoms with Gasteiger partial charge in [0, 0.05) is 19.3 Å². The van der Waals surface area contributed by atoms with Crippen molar-refractivity contribution in [1.29, 1.82) is 0 Å². The van der Waals surface area contributed by atoms with Crippen molar-refractivity contribution < 1.29 is 0 Å². The molecule has 0 aromatic carbocycles. The van der Waals surface area contributed by atoms with Crippen LogP contribution in [0.15, 0.2) is 29.3 Å². The summed E-state index contributed by atoms with van der Waals surface area (Å²) in [5.41, 5.74) is 0. The fraction of sp³-hybridized carbons (Fsp3) is 0.300. The Bertz CT molecular complexity index is 520. The zero-order chi connectivity index (χ0) is 11.8. The van der Waals surface area contributed by atoms with Gasteiger partial charge in [-0.3, -0.25) is 4.68 Å². The average molecular weight is 315 g/mol. The average Bonchev–Trinajstić information content (AvgIpc) is 2.66. The van der Waals surface area contributed by atoms with E-state index in [9.17, 15) is 0 Å². The Labute approximate surface area is 112 Å². The maximum absolute atomic E-state index is 5.74. The topological polar surface area (TPSA) is 46.8 Å². The van der Waals surface area contributed by atoms with Crippen LogP contribution in [0.1, 0.15) is 6.04 Å². The summed E-state index contributed by atoms with van der Waals surface area (Å²) in [4.78, 5) is 10.4. The van der Waals surface area contributed by atoms with E-state index in [1.807, 2.05) is 10.9 Å². The molecular formula is C10H9BrClN5. The molecule has 0 N–H and O–H groups in total. The van der Waals surface area contributed by atoms with Crippen LogP contribution in [0, 0.1) is 0 Å². The number of rotatable bonds is 2. The van der Waals surface area contributed by atoms with Gasteiger partial charge in [-0.1, -0.05) is 11.6 Å². The molecule has 0 spiro atoms. The van der Waals surface area contributed by atoms with Crippen LogP contribution in [-0.4, -0.2) is 32.8 Å². The molecule has 2 aromatic heterocycles. The Morgan fingerprint density at radius 1 is 1.24 bits per heavy atom. The summed E-state index contributed by atoms with van der Waals surface area (Å²) in [7, 11) is 0. The van der Waals surface area contributed by atoms with E-state index in [1.165, 1.54) is 0 Å². The van der Waals surface area contributed by atoms with Crippen LogP contribution in [0.3, 0.4) is 0 Å². The van der Waals surface area contributed by atoms with Gasteiger partial charge in [0.25, 0.3) is 0 Å². The van der Waals surface area contributed by atoms with Crippen molar-refractivity contribution >= 4 is 33.5 Å². The Kier molecular flexibility index (Phi) is 2.76. The van der Waals surface area contributed by atoms with Gasteiger partial charge >= 0.3 is 0 Å². The Balaban J connectivity index is 1.66. The molecule has 17 heavy (non-hydrogen) atoms. The minimum absolute atomic E-state index is 0.389. The van der Waals surface area contributed by atoms with E-state index in [2.05, 4.69) is 35.9 Å². The van der Waals surface area contributed by atoms with Crippen LogP contribution in [-0.2, 0) is 0 Å². The molecule has 1 fully saturated rings. The predicted molar refractivity (Wildman–Crippen MR) is 68.2 cm³/mol. The third-order valence-electron chi connectivity index (χ3n) is 2.70. The van der Waals surface area contributed by atoms with Gasteiger partial charge in [0.2, 0.25) is 5.95 Å². The number of nitrogens with zero attached hydrogens (tertiary/aromatic N) is 5. The first-order chi connectivity index (χ1) is 8.22. The zero-order valence-corrected chi connectivity index (χ0v) is 11.1. The van der Waals surface area contributed by atoms with E-state index >= 15 is 0 Å². The van der Waals surface area contributed by atoms with Gasteiger partial charge in [-0.2, -0.15) is 5.10 Å². The zero-order valence-electron chi connectivity index (χ0n) is 8.79. The van der Waals surface area contributed by atoms with Crippen LogP contribution < -0.4 is 4.90 Å². The Morgan fingerprint density at radius 3 is 2.53 bits per heavy atom. The second kappa shape index (κ2) is 4.27. The molecule has 88 valence electrons. The molecule has 0 unspecified atom stereocenters. The third kappa shape index (κ3) is 2.14. The lowest BCUT2D eigenvalue weighted by Crippen LogP contribution is -2.48. The summed E-state index contributed by atoms with van der Waals surface area (Å²) in [6.07, 6.45) is 7.00. The maximum atomic E-state index is 5.74. The fourth-order valence-electron chi connectivity index (χ4n) is 1.77. The number of hydrogen-bond acceptors (Lipinski definition) is 4. The van der Waals surface area contributed by atoms with Crippen molar-refractivity contribution in [1.82, 2.24) is 19.7 Å². The highest BCUT2D eigenvalue weighted by Crippen LogP contribution is 2.25. The van der Waals surface area contributed by atoms with Crippen LogP contribution in [0.4, 0.5) is 5.95 Å². The number of hydrogen-bond donors (Lipinski definition) is 0. The summed E-state index contributed by atoms with van der Waals surface area (Å²) in [5, 5.41) is 4.82. The van der Waals surface area contributed by atoms with Gasteiger partial charge in [-0.15, -0.1) is 0 Å². The van der Waals surface area contributed by atoms with Gasteiger partial charge in [0.15, 0.2) is 0 Å². The minimum atomic E-state index is 0.389. The van der Waals surface area contributed by atoms with Crippen molar-refractivity contribution in [2.75, 3.05) is 18.0 Å². The largest absolute Gasteiger partial charge is 0.336 e. The summed E-state index contributed by atoms with van der Waals surface area (Å²) >= 11 is 9.13. The van der Waals surface area contributed by atoms with Gasteiger partial charge in [0.05, 0.1) is 34.1 Å². The highest BCUT2D eigenvalue weighted by Gasteiger charge is 2.30. The molecule has 0 amide bonds. The SMILES string of the molecule is Clc1cnc(N2CC(n3cc(Br)cn3)C2)nc1. The van der Waals surface area contributed by atoms with Crippen molar-refractivity contribution in [2.45, 2.75) is 6.04 Å². The maximum Gasteiger partial charge on any atom is 0.225 e. The molecule has 0 radical (unpaired) electrons. The monoisotopic (exact) mass is 313 g/mol. The molecule has 0 atom stereocenters. The van der Waals surface area contributed by atoms with Gasteiger partial charge in [0.1, 0.15) is 0 Å². The van der Waals surface area contributed by atoms with Gasteiger partial charge < -0.3 is 4.90 Å². The number of anilines is 1. The van der Waals surface area contributed by atoms with Gasteiger partial charge in [-0.05, 0) is 15.9 Å². The van der Waals surface area contributed by atoms with E-state index in [0.29, 0.717) is 11.1 Å². The molecule has 0 bridgehead atoms. The molecule has 2 aromatic rings. The van der Waals surface area contributed by atoms with Crippen LogP contribution in [0.2, 0.25) is 5.02 Å². The van der Waals surface area contributed by atoms with E-state index in [4.69, 9.17) is 11.6 Å². The lowest BCUT2D eigenvalue weighted by atomic mass is 10.1. The third-order valence-corrected chi connectivity index (χ3v) is 3.30. The van der Waals surface area contributed by atoms with Crippen molar-refractivity contribution in [3.05, 3.63) is 34.3 Å². The first-order valence-electron chi connectivity index (χ1n) is 5.14. The minimum Gasteiger partial charge on any atom is -0.336 e. The van der Waals surface area contributed by atoms with Crippen molar-refractivity contribution in [3.63, 3.8) is 0 Å². The summed E-state index contributed by atoms with van der Waals surface area (Å²) < 4.78 is 2.95.